The molecule has 0 aliphatic rings. The molecule has 0 fully saturated rings. The average molecular weight is 319 g/mol. The molecular formula is C17H19ClN2O2. The van der Waals surface area contributed by atoms with Gasteiger partial charge in [0, 0.05) is 35.6 Å². The van der Waals surface area contributed by atoms with E-state index in [2.05, 4.69) is 22.1 Å². The van der Waals surface area contributed by atoms with Crippen molar-refractivity contribution >= 4 is 28.6 Å². The van der Waals surface area contributed by atoms with Crippen LogP contribution < -0.4 is 5.32 Å². The Morgan fingerprint density at radius 1 is 1.41 bits per heavy atom. The predicted octanol–water partition coefficient (Wildman–Crippen LogP) is 4.09. The second kappa shape index (κ2) is 6.76. The number of ether oxygens (including phenoxy) is 1. The first-order chi connectivity index (χ1) is 10.3. The Labute approximate surface area is 135 Å². The lowest BCUT2D eigenvalue weighted by molar-refractivity contribution is 0.0529. The third-order valence-electron chi connectivity index (χ3n) is 2.78. The largest absolute Gasteiger partial charge is 0.444 e. The minimum Gasteiger partial charge on any atom is -0.444 e. The zero-order valence-corrected chi connectivity index (χ0v) is 13.7. The third-order valence-corrected chi connectivity index (χ3v) is 3.09. The summed E-state index contributed by atoms with van der Waals surface area (Å²) in [4.78, 5) is 14.6. The summed E-state index contributed by atoms with van der Waals surface area (Å²) < 4.78 is 5.14. The number of benzene rings is 1. The van der Waals surface area contributed by atoms with Crippen LogP contribution >= 0.6 is 11.6 Å². The normalized spacial score (nSPS) is 10.9. The van der Waals surface area contributed by atoms with Crippen molar-refractivity contribution in [3.8, 4) is 11.8 Å². The maximum Gasteiger partial charge on any atom is 0.407 e. The highest BCUT2D eigenvalue weighted by Crippen LogP contribution is 2.22. The van der Waals surface area contributed by atoms with Crippen molar-refractivity contribution in [1.29, 1.82) is 0 Å². The van der Waals surface area contributed by atoms with Gasteiger partial charge in [0.1, 0.15) is 5.60 Å². The molecule has 1 heterocycles. The Hall–Kier alpha value is -2.12. The Morgan fingerprint density at radius 3 is 2.91 bits per heavy atom. The molecule has 5 heteroatoms. The second-order valence-electron chi connectivity index (χ2n) is 5.88. The molecule has 4 nitrogen and oxygen atoms in total. The molecule has 1 aromatic heterocycles. The van der Waals surface area contributed by atoms with Crippen molar-refractivity contribution in [1.82, 2.24) is 10.3 Å². The number of aromatic amines is 1. The number of hydrogen-bond acceptors (Lipinski definition) is 2. The molecule has 0 bridgehead atoms. The van der Waals surface area contributed by atoms with Gasteiger partial charge in [-0.15, -0.1) is 0 Å². The van der Waals surface area contributed by atoms with Gasteiger partial charge in [0.15, 0.2) is 0 Å². The van der Waals surface area contributed by atoms with E-state index in [1.165, 1.54) is 0 Å². The Morgan fingerprint density at radius 2 is 2.18 bits per heavy atom. The number of aromatic nitrogens is 1. The van der Waals surface area contributed by atoms with E-state index in [1.54, 1.807) is 0 Å². The quantitative estimate of drug-likeness (QED) is 0.647. The molecule has 0 unspecified atom stereocenters. The second-order valence-corrected chi connectivity index (χ2v) is 6.28. The van der Waals surface area contributed by atoms with E-state index in [4.69, 9.17) is 16.3 Å². The Kier molecular flexibility index (Phi) is 4.99. The van der Waals surface area contributed by atoms with E-state index in [1.807, 2.05) is 45.2 Å². The number of hydrogen-bond donors (Lipinski definition) is 2. The summed E-state index contributed by atoms with van der Waals surface area (Å²) in [6.07, 6.45) is 1.96. The number of carbonyl (C=O) groups excluding carboxylic acids is 1. The van der Waals surface area contributed by atoms with Crippen LogP contribution in [-0.2, 0) is 4.74 Å². The van der Waals surface area contributed by atoms with Gasteiger partial charge in [-0.25, -0.2) is 4.79 Å². The van der Waals surface area contributed by atoms with Crippen LogP contribution in [0.3, 0.4) is 0 Å². The van der Waals surface area contributed by atoms with Crippen LogP contribution in [0, 0.1) is 11.8 Å². The summed E-state index contributed by atoms with van der Waals surface area (Å²) in [6.45, 7) is 5.91. The maximum absolute atomic E-state index is 11.5. The van der Waals surface area contributed by atoms with Crippen molar-refractivity contribution in [3.05, 3.63) is 35.0 Å². The van der Waals surface area contributed by atoms with Crippen LogP contribution in [0.15, 0.2) is 24.4 Å². The minimum atomic E-state index is -0.491. The van der Waals surface area contributed by atoms with Crippen LogP contribution in [0.25, 0.3) is 10.9 Å². The molecule has 1 amide bonds. The number of rotatable bonds is 2. The topological polar surface area (TPSA) is 54.1 Å². The Bertz CT molecular complexity index is 732. The standard InChI is InChI=1S/C17H19ClN2O2/c1-17(2,3)22-16(21)20-8-5-4-6-12-10-13-7-9-19-15(13)11-14(12)18/h7,9-11,19H,5,8H2,1-3H3,(H,20,21). The first-order valence-corrected chi connectivity index (χ1v) is 7.45. The average Bonchev–Trinajstić information content (AvgIpc) is 2.83. The van der Waals surface area contributed by atoms with Crippen LogP contribution in [0.4, 0.5) is 4.79 Å². The molecule has 0 aliphatic carbocycles. The fraction of sp³-hybridized carbons (Fsp3) is 0.353. The summed E-state index contributed by atoms with van der Waals surface area (Å²) in [7, 11) is 0. The van der Waals surface area contributed by atoms with Gasteiger partial charge < -0.3 is 15.0 Å². The van der Waals surface area contributed by atoms with E-state index in [0.717, 1.165) is 16.5 Å². The molecule has 22 heavy (non-hydrogen) atoms. The van der Waals surface area contributed by atoms with Crippen molar-refractivity contribution in [2.24, 2.45) is 0 Å². The fourth-order valence-corrected chi connectivity index (χ4v) is 2.08. The molecule has 116 valence electrons. The van der Waals surface area contributed by atoms with E-state index in [9.17, 15) is 4.79 Å². The number of alkyl carbamates (subject to hydrolysis) is 1. The molecule has 0 saturated heterocycles. The van der Waals surface area contributed by atoms with Gasteiger partial charge in [-0.2, -0.15) is 0 Å². The van der Waals surface area contributed by atoms with Crippen molar-refractivity contribution in [3.63, 3.8) is 0 Å². The first-order valence-electron chi connectivity index (χ1n) is 7.07. The van der Waals surface area contributed by atoms with E-state index < -0.39 is 11.7 Å². The molecule has 2 rings (SSSR count). The predicted molar refractivity (Wildman–Crippen MR) is 89.0 cm³/mol. The number of H-pyrrole nitrogens is 1. The number of halogens is 1. The summed E-state index contributed by atoms with van der Waals surface area (Å²) in [5.41, 5.74) is 1.28. The lowest BCUT2D eigenvalue weighted by Crippen LogP contribution is -2.32. The van der Waals surface area contributed by atoms with Crippen LogP contribution in [0.1, 0.15) is 32.8 Å². The highest BCUT2D eigenvalue weighted by atomic mass is 35.5. The van der Waals surface area contributed by atoms with Gasteiger partial charge in [0.25, 0.3) is 0 Å². The smallest absolute Gasteiger partial charge is 0.407 e. The number of carbonyl (C=O) groups is 1. The van der Waals surface area contributed by atoms with E-state index in [0.29, 0.717) is 18.0 Å². The fourth-order valence-electron chi connectivity index (χ4n) is 1.87. The van der Waals surface area contributed by atoms with Crippen LogP contribution in [0.5, 0.6) is 0 Å². The first kappa shape index (κ1) is 16.3. The molecule has 2 N–H and O–H groups in total. The lowest BCUT2D eigenvalue weighted by Gasteiger charge is -2.19. The molecule has 0 spiro atoms. The molecule has 0 atom stereocenters. The highest BCUT2D eigenvalue weighted by Gasteiger charge is 2.15. The molecule has 1 aromatic carbocycles. The zero-order valence-electron chi connectivity index (χ0n) is 12.9. The summed E-state index contributed by atoms with van der Waals surface area (Å²) in [6, 6.07) is 5.78. The van der Waals surface area contributed by atoms with Gasteiger partial charge in [-0.1, -0.05) is 23.4 Å². The van der Waals surface area contributed by atoms with E-state index >= 15 is 0 Å². The Balaban J connectivity index is 1.88. The highest BCUT2D eigenvalue weighted by molar-refractivity contribution is 6.32. The van der Waals surface area contributed by atoms with Crippen molar-refractivity contribution in [2.45, 2.75) is 32.8 Å². The van der Waals surface area contributed by atoms with Crippen LogP contribution in [-0.4, -0.2) is 23.2 Å². The third kappa shape index (κ3) is 4.71. The number of nitrogens with one attached hydrogen (secondary N) is 2. The summed E-state index contributed by atoms with van der Waals surface area (Å²) >= 11 is 6.18. The molecule has 2 aromatic rings. The molecule has 0 aliphatic heterocycles. The van der Waals surface area contributed by atoms with Gasteiger partial charge >= 0.3 is 6.09 Å². The summed E-state index contributed by atoms with van der Waals surface area (Å²) in [5, 5.41) is 4.35. The monoisotopic (exact) mass is 318 g/mol. The van der Waals surface area contributed by atoms with Gasteiger partial charge in [-0.3, -0.25) is 0 Å². The molecular weight excluding hydrogens is 300 g/mol. The van der Waals surface area contributed by atoms with Gasteiger partial charge in [0.05, 0.1) is 5.02 Å². The van der Waals surface area contributed by atoms with Crippen molar-refractivity contribution < 1.29 is 9.53 Å². The zero-order chi connectivity index (χ0) is 16.2. The minimum absolute atomic E-state index is 0.430. The van der Waals surface area contributed by atoms with Crippen LogP contribution in [0.2, 0.25) is 5.02 Å². The summed E-state index contributed by atoms with van der Waals surface area (Å²) in [5.74, 6) is 6.03. The van der Waals surface area contributed by atoms with Crippen molar-refractivity contribution in [2.75, 3.05) is 6.54 Å². The van der Waals surface area contributed by atoms with E-state index in [-0.39, 0.29) is 0 Å². The van der Waals surface area contributed by atoms with Gasteiger partial charge in [-0.05, 0) is 39.0 Å². The van der Waals surface area contributed by atoms with Gasteiger partial charge in [0.2, 0.25) is 0 Å². The maximum atomic E-state index is 11.5. The number of fused-ring (bicyclic) bond motifs is 1. The molecule has 0 saturated carbocycles. The SMILES string of the molecule is CC(C)(C)OC(=O)NCCC#Cc1cc2cc[nH]c2cc1Cl. The molecule has 0 radical (unpaired) electrons. The lowest BCUT2D eigenvalue weighted by atomic mass is 10.1. The number of amides is 1.